The van der Waals surface area contributed by atoms with Crippen molar-refractivity contribution in [2.45, 2.75) is 32.9 Å². The Morgan fingerprint density at radius 1 is 1.06 bits per heavy atom. The number of fused-ring (bicyclic) bond motifs is 2. The lowest BCUT2D eigenvalue weighted by Gasteiger charge is -2.39. The molecule has 0 atom stereocenters. The predicted molar refractivity (Wildman–Crippen MR) is 123 cm³/mol. The topological polar surface area (TPSA) is 57.5 Å². The lowest BCUT2D eigenvalue weighted by atomic mass is 10.1. The number of carbonyl (C=O) groups excluding carboxylic acids is 1. The Morgan fingerprint density at radius 3 is 2.52 bits per heavy atom. The van der Waals surface area contributed by atoms with Crippen molar-refractivity contribution in [2.75, 3.05) is 32.7 Å². The molecule has 0 aliphatic carbocycles. The van der Waals surface area contributed by atoms with Gasteiger partial charge in [-0.3, -0.25) is 4.79 Å². The number of hydrogen-bond acceptors (Lipinski definition) is 6. The molecule has 1 amide bonds. The zero-order chi connectivity index (χ0) is 21.2. The molecule has 31 heavy (non-hydrogen) atoms. The number of aryl methyl sites for hydroxylation is 1. The summed E-state index contributed by atoms with van der Waals surface area (Å²) >= 11 is 1.84. The number of piperazine rings is 1. The molecule has 0 bridgehead atoms. The monoisotopic (exact) mass is 436 g/mol. The van der Waals surface area contributed by atoms with E-state index < -0.39 is 0 Å². The van der Waals surface area contributed by atoms with Crippen molar-refractivity contribution in [3.63, 3.8) is 0 Å². The van der Waals surface area contributed by atoms with E-state index in [1.54, 1.807) is 4.80 Å². The highest BCUT2D eigenvalue weighted by Crippen LogP contribution is 2.33. The number of rotatable bonds is 6. The van der Waals surface area contributed by atoms with Crippen LogP contribution in [0.1, 0.15) is 30.2 Å². The lowest BCUT2D eigenvalue weighted by Crippen LogP contribution is -2.48. The van der Waals surface area contributed by atoms with Gasteiger partial charge in [0.1, 0.15) is 11.0 Å². The largest absolute Gasteiger partial charge is 0.371 e. The molecular formula is C23H28N6OS. The quantitative estimate of drug-likeness (QED) is 0.594. The Morgan fingerprint density at radius 2 is 1.81 bits per heavy atom. The molecule has 1 fully saturated rings. The number of carbonyl (C=O) groups is 1. The van der Waals surface area contributed by atoms with E-state index in [4.69, 9.17) is 0 Å². The van der Waals surface area contributed by atoms with Gasteiger partial charge in [0.15, 0.2) is 0 Å². The number of amides is 1. The molecule has 1 aromatic carbocycles. The number of benzene rings is 1. The second kappa shape index (κ2) is 8.70. The highest BCUT2D eigenvalue weighted by atomic mass is 32.1. The molecule has 8 heteroatoms. The predicted octanol–water partition coefficient (Wildman–Crippen LogP) is 3.25. The molecule has 2 aliphatic rings. The highest BCUT2D eigenvalue weighted by molar-refractivity contribution is 7.10. The Hall–Kier alpha value is -2.87. The number of hydrogen-bond donors (Lipinski definition) is 0. The maximum absolute atomic E-state index is 12.7. The van der Waals surface area contributed by atoms with Crippen molar-refractivity contribution < 1.29 is 4.79 Å². The van der Waals surface area contributed by atoms with Gasteiger partial charge in [-0.1, -0.05) is 12.1 Å². The summed E-state index contributed by atoms with van der Waals surface area (Å²) in [5.74, 6) is 0.236. The van der Waals surface area contributed by atoms with Gasteiger partial charge < -0.3 is 14.7 Å². The van der Waals surface area contributed by atoms with Crippen molar-refractivity contribution in [3.05, 3.63) is 52.4 Å². The van der Waals surface area contributed by atoms with Gasteiger partial charge in [-0.25, -0.2) is 0 Å². The second-order valence-corrected chi connectivity index (χ2v) is 9.09. The van der Waals surface area contributed by atoms with Crippen LogP contribution in [-0.4, -0.2) is 68.3 Å². The van der Waals surface area contributed by atoms with Crippen LogP contribution in [0.4, 0.5) is 0 Å². The minimum atomic E-state index is 0.236. The Bertz CT molecular complexity index is 1060. The van der Waals surface area contributed by atoms with Crippen molar-refractivity contribution >= 4 is 34.0 Å². The summed E-state index contributed by atoms with van der Waals surface area (Å²) in [7, 11) is 0. The smallest absolute Gasteiger partial charge is 0.222 e. The fourth-order valence-corrected chi connectivity index (χ4v) is 5.26. The molecule has 162 valence electrons. The molecule has 3 aromatic rings. The molecule has 0 radical (unpaired) electrons. The molecule has 2 aromatic heterocycles. The van der Waals surface area contributed by atoms with Crippen LogP contribution >= 0.6 is 11.3 Å². The molecule has 0 N–H and O–H groups in total. The Balaban J connectivity index is 1.13. The zero-order valence-corrected chi connectivity index (χ0v) is 18.7. The number of aromatic nitrogens is 3. The van der Waals surface area contributed by atoms with E-state index in [0.717, 1.165) is 56.7 Å². The van der Waals surface area contributed by atoms with E-state index in [0.29, 0.717) is 13.0 Å². The normalized spacial score (nSPS) is 16.5. The van der Waals surface area contributed by atoms with E-state index in [1.165, 1.54) is 16.1 Å². The van der Waals surface area contributed by atoms with E-state index in [-0.39, 0.29) is 5.91 Å². The van der Waals surface area contributed by atoms with Gasteiger partial charge in [0.2, 0.25) is 5.91 Å². The summed E-state index contributed by atoms with van der Waals surface area (Å²) in [5, 5.41) is 11.1. The first-order valence-corrected chi connectivity index (χ1v) is 11.9. The molecule has 1 saturated heterocycles. The van der Waals surface area contributed by atoms with E-state index in [9.17, 15) is 4.79 Å². The van der Waals surface area contributed by atoms with Crippen LogP contribution in [0, 0.1) is 0 Å². The summed E-state index contributed by atoms with van der Waals surface area (Å²) in [6.07, 6.45) is 3.60. The molecule has 0 spiro atoms. The first-order valence-electron chi connectivity index (χ1n) is 11.1. The standard InChI is InChI=1S/C23H28N6OS/c1-2-26-16-21(18-9-15-31-22(18)17-26)27-11-13-28(14-12-27)23(30)8-5-10-29-24-19-6-3-4-7-20(19)25-29/h3-4,6-7,9,15-16H,2,5,8,10-14,17H2,1H3. The van der Waals surface area contributed by atoms with Gasteiger partial charge >= 0.3 is 0 Å². The van der Waals surface area contributed by atoms with Crippen molar-refractivity contribution in [1.82, 2.24) is 29.7 Å². The van der Waals surface area contributed by atoms with Crippen LogP contribution in [0.3, 0.4) is 0 Å². The van der Waals surface area contributed by atoms with Crippen molar-refractivity contribution in [3.8, 4) is 0 Å². The van der Waals surface area contributed by atoms with Crippen LogP contribution < -0.4 is 0 Å². The van der Waals surface area contributed by atoms with Crippen LogP contribution in [0.2, 0.25) is 0 Å². The Kier molecular flexibility index (Phi) is 5.63. The second-order valence-electron chi connectivity index (χ2n) is 8.09. The molecule has 0 saturated carbocycles. The highest BCUT2D eigenvalue weighted by Gasteiger charge is 2.26. The van der Waals surface area contributed by atoms with E-state index in [1.807, 2.05) is 40.5 Å². The molecule has 2 aliphatic heterocycles. The maximum atomic E-state index is 12.7. The summed E-state index contributed by atoms with van der Waals surface area (Å²) in [6.45, 7) is 8.22. The average Bonchev–Trinajstić information content (AvgIpc) is 3.44. The SMILES string of the molecule is CCN1C=C(N2CCN(C(=O)CCCn3nc4ccccc4n3)CC2)c2ccsc2C1. The van der Waals surface area contributed by atoms with E-state index in [2.05, 4.69) is 44.6 Å². The fourth-order valence-electron chi connectivity index (χ4n) is 4.35. The average molecular weight is 437 g/mol. The molecule has 7 nitrogen and oxygen atoms in total. The van der Waals surface area contributed by atoms with Crippen molar-refractivity contribution in [2.24, 2.45) is 0 Å². The third-order valence-corrected chi connectivity index (χ3v) is 7.03. The first kappa shape index (κ1) is 20.1. The summed E-state index contributed by atoms with van der Waals surface area (Å²) in [6, 6.07) is 10.1. The summed E-state index contributed by atoms with van der Waals surface area (Å²) < 4.78 is 0. The van der Waals surface area contributed by atoms with Crippen LogP contribution in [-0.2, 0) is 17.9 Å². The number of thiophene rings is 1. The van der Waals surface area contributed by atoms with Gasteiger partial charge in [0.25, 0.3) is 0 Å². The van der Waals surface area contributed by atoms with Gasteiger partial charge in [0.05, 0.1) is 18.8 Å². The Labute approximate surface area is 186 Å². The summed E-state index contributed by atoms with van der Waals surface area (Å²) in [5.41, 5.74) is 4.48. The number of nitrogens with zero attached hydrogens (tertiary/aromatic N) is 6. The van der Waals surface area contributed by atoms with Gasteiger partial charge in [-0.2, -0.15) is 15.0 Å². The summed E-state index contributed by atoms with van der Waals surface area (Å²) in [4.78, 5) is 22.7. The van der Waals surface area contributed by atoms with Crippen LogP contribution in [0.5, 0.6) is 0 Å². The van der Waals surface area contributed by atoms with Crippen LogP contribution in [0.25, 0.3) is 16.7 Å². The van der Waals surface area contributed by atoms with Crippen LogP contribution in [0.15, 0.2) is 41.9 Å². The molecular weight excluding hydrogens is 408 g/mol. The minimum Gasteiger partial charge on any atom is -0.371 e. The van der Waals surface area contributed by atoms with Gasteiger partial charge in [0, 0.05) is 55.8 Å². The van der Waals surface area contributed by atoms with E-state index >= 15 is 0 Å². The first-order chi connectivity index (χ1) is 15.2. The molecule has 5 rings (SSSR count). The fraction of sp³-hybridized carbons (Fsp3) is 0.435. The third-order valence-electron chi connectivity index (χ3n) is 6.13. The van der Waals surface area contributed by atoms with Gasteiger partial charge in [-0.05, 0) is 36.9 Å². The lowest BCUT2D eigenvalue weighted by molar-refractivity contribution is -0.132. The third kappa shape index (κ3) is 4.17. The molecule has 4 heterocycles. The minimum absolute atomic E-state index is 0.236. The maximum Gasteiger partial charge on any atom is 0.222 e. The van der Waals surface area contributed by atoms with Crippen molar-refractivity contribution in [1.29, 1.82) is 0 Å². The zero-order valence-electron chi connectivity index (χ0n) is 17.9. The molecule has 0 unspecified atom stereocenters. The van der Waals surface area contributed by atoms with Gasteiger partial charge in [-0.15, -0.1) is 11.3 Å².